The summed E-state index contributed by atoms with van der Waals surface area (Å²) in [5, 5.41) is 9.09. The van der Waals surface area contributed by atoms with Gasteiger partial charge in [0, 0.05) is 11.5 Å². The van der Waals surface area contributed by atoms with Gasteiger partial charge in [-0.25, -0.2) is 0 Å². The van der Waals surface area contributed by atoms with Gasteiger partial charge < -0.3 is 9.84 Å². The molecular weight excluding hydrogens is 152 g/mol. The zero-order chi connectivity index (χ0) is 7.40. The molecule has 0 aliphatic carbocycles. The van der Waals surface area contributed by atoms with Gasteiger partial charge in [0.2, 0.25) is 0 Å². The molecule has 0 atom stereocenters. The number of hydrogen-bond donors (Lipinski definition) is 1. The highest BCUT2D eigenvalue weighted by molar-refractivity contribution is 7.07. The third-order valence-electron chi connectivity index (χ3n) is 0.826. The van der Waals surface area contributed by atoms with E-state index in [0.29, 0.717) is 11.8 Å². The van der Waals surface area contributed by atoms with Crippen molar-refractivity contribution in [2.75, 3.05) is 6.61 Å². The van der Waals surface area contributed by atoms with Gasteiger partial charge in [0.25, 0.3) is 5.19 Å². The zero-order valence-electron chi connectivity index (χ0n) is 5.57. The highest BCUT2D eigenvalue weighted by atomic mass is 32.1. The van der Waals surface area contributed by atoms with Gasteiger partial charge >= 0.3 is 6.01 Å². The van der Waals surface area contributed by atoms with Crippen LogP contribution < -0.4 is 4.74 Å². The van der Waals surface area contributed by atoms with Crippen LogP contribution in [0.2, 0.25) is 0 Å². The first-order valence-corrected chi connectivity index (χ1v) is 3.75. The molecular formula is C5H8N2O2S. The predicted octanol–water partition coefficient (Wildman–Crippen LogP) is 1.03. The normalized spacial score (nSPS) is 9.70. The number of hydrogen-bond acceptors (Lipinski definition) is 5. The van der Waals surface area contributed by atoms with E-state index in [-0.39, 0.29) is 6.01 Å². The molecule has 0 aliphatic rings. The lowest BCUT2D eigenvalue weighted by molar-refractivity contribution is 0.311. The molecule has 0 aromatic carbocycles. The van der Waals surface area contributed by atoms with Crippen LogP contribution in [0.15, 0.2) is 0 Å². The maximum absolute atomic E-state index is 8.66. The number of nitrogens with zero attached hydrogens (tertiary/aromatic N) is 2. The van der Waals surface area contributed by atoms with Gasteiger partial charge in [-0.2, -0.15) is 0 Å². The molecule has 4 nitrogen and oxygen atoms in total. The van der Waals surface area contributed by atoms with Crippen molar-refractivity contribution in [1.82, 2.24) is 9.36 Å². The Hall–Kier alpha value is -0.840. The first-order valence-electron chi connectivity index (χ1n) is 2.98. The molecule has 0 aliphatic heterocycles. The van der Waals surface area contributed by atoms with Crippen LogP contribution in [-0.2, 0) is 0 Å². The molecule has 56 valence electrons. The number of aromatic hydroxyl groups is 1. The van der Waals surface area contributed by atoms with Crippen molar-refractivity contribution in [1.29, 1.82) is 0 Å². The van der Waals surface area contributed by atoms with Gasteiger partial charge in [0.1, 0.15) is 0 Å². The number of ether oxygens (including phenoxy) is 1. The van der Waals surface area contributed by atoms with E-state index in [9.17, 15) is 0 Å². The van der Waals surface area contributed by atoms with E-state index in [1.54, 1.807) is 0 Å². The highest BCUT2D eigenvalue weighted by Crippen LogP contribution is 2.16. The van der Waals surface area contributed by atoms with Gasteiger partial charge in [-0.1, -0.05) is 6.92 Å². The minimum Gasteiger partial charge on any atom is -0.478 e. The Morgan fingerprint density at radius 1 is 1.70 bits per heavy atom. The van der Waals surface area contributed by atoms with Crippen molar-refractivity contribution in [2.24, 2.45) is 0 Å². The van der Waals surface area contributed by atoms with Crippen LogP contribution in [0.3, 0.4) is 0 Å². The summed E-state index contributed by atoms with van der Waals surface area (Å²) in [5.41, 5.74) is 0. The lowest BCUT2D eigenvalue weighted by Gasteiger charge is -1.94. The molecule has 0 saturated heterocycles. The molecule has 1 N–H and O–H groups in total. The standard InChI is InChI=1S/C5H8N2O2S/c1-2-3-9-5-6-4(8)7-10-5/h2-3H2,1H3,(H,7,8). The second-order valence-electron chi connectivity index (χ2n) is 1.71. The summed E-state index contributed by atoms with van der Waals surface area (Å²) in [6, 6.07) is -0.212. The van der Waals surface area contributed by atoms with Crippen LogP contribution >= 0.6 is 11.5 Å². The molecule has 0 radical (unpaired) electrons. The molecule has 5 heteroatoms. The smallest absolute Gasteiger partial charge is 0.329 e. The molecule has 1 aromatic rings. The summed E-state index contributed by atoms with van der Waals surface area (Å²) in [5.74, 6) is 0. The van der Waals surface area contributed by atoms with E-state index in [0.717, 1.165) is 18.0 Å². The van der Waals surface area contributed by atoms with Crippen LogP contribution in [0, 0.1) is 0 Å². The van der Waals surface area contributed by atoms with E-state index in [1.807, 2.05) is 6.92 Å². The first kappa shape index (κ1) is 7.27. The van der Waals surface area contributed by atoms with Crippen LogP contribution in [0.4, 0.5) is 0 Å². The lowest BCUT2D eigenvalue weighted by Crippen LogP contribution is -1.93. The minimum atomic E-state index is -0.212. The van der Waals surface area contributed by atoms with Crippen LogP contribution in [0.25, 0.3) is 0 Å². The Labute approximate surface area is 62.7 Å². The maximum atomic E-state index is 8.66. The summed E-state index contributed by atoms with van der Waals surface area (Å²) in [7, 11) is 0. The predicted molar refractivity (Wildman–Crippen MR) is 37.4 cm³/mol. The van der Waals surface area contributed by atoms with Gasteiger partial charge in [-0.15, -0.1) is 9.36 Å². The van der Waals surface area contributed by atoms with Crippen LogP contribution in [-0.4, -0.2) is 21.1 Å². The average Bonchev–Trinajstić information content (AvgIpc) is 2.31. The van der Waals surface area contributed by atoms with Crippen molar-refractivity contribution in [2.45, 2.75) is 13.3 Å². The molecule has 0 unspecified atom stereocenters. The van der Waals surface area contributed by atoms with Crippen molar-refractivity contribution >= 4 is 11.5 Å². The van der Waals surface area contributed by atoms with Crippen molar-refractivity contribution in [3.8, 4) is 11.2 Å². The number of rotatable bonds is 3. The van der Waals surface area contributed by atoms with Gasteiger partial charge in [-0.05, 0) is 6.42 Å². The molecule has 0 spiro atoms. The molecule has 0 amide bonds. The molecule has 0 bridgehead atoms. The Kier molecular flexibility index (Phi) is 2.44. The zero-order valence-corrected chi connectivity index (χ0v) is 6.39. The van der Waals surface area contributed by atoms with Crippen molar-refractivity contribution < 1.29 is 9.84 Å². The van der Waals surface area contributed by atoms with Gasteiger partial charge in [0.15, 0.2) is 0 Å². The Morgan fingerprint density at radius 3 is 3.00 bits per heavy atom. The first-order chi connectivity index (χ1) is 4.83. The summed E-state index contributed by atoms with van der Waals surface area (Å²) in [6.45, 7) is 2.62. The topological polar surface area (TPSA) is 55.2 Å². The van der Waals surface area contributed by atoms with E-state index in [2.05, 4.69) is 9.36 Å². The lowest BCUT2D eigenvalue weighted by atomic mass is 10.5. The summed E-state index contributed by atoms with van der Waals surface area (Å²) < 4.78 is 8.59. The average molecular weight is 160 g/mol. The fraction of sp³-hybridized carbons (Fsp3) is 0.600. The number of aromatic nitrogens is 2. The fourth-order valence-electron chi connectivity index (χ4n) is 0.450. The molecule has 0 fully saturated rings. The molecule has 1 rings (SSSR count). The van der Waals surface area contributed by atoms with E-state index >= 15 is 0 Å². The Bertz CT molecular complexity index is 201. The summed E-state index contributed by atoms with van der Waals surface area (Å²) >= 11 is 1.06. The van der Waals surface area contributed by atoms with Gasteiger partial charge in [-0.3, -0.25) is 0 Å². The largest absolute Gasteiger partial charge is 0.478 e. The van der Waals surface area contributed by atoms with Crippen LogP contribution in [0.5, 0.6) is 11.2 Å². The SMILES string of the molecule is CCCOc1nc(O)ns1. The second kappa shape index (κ2) is 3.36. The van der Waals surface area contributed by atoms with E-state index in [4.69, 9.17) is 9.84 Å². The molecule has 0 saturated carbocycles. The fourth-order valence-corrected chi connectivity index (χ4v) is 0.909. The molecule has 1 heterocycles. The monoisotopic (exact) mass is 160 g/mol. The van der Waals surface area contributed by atoms with Crippen LogP contribution in [0.1, 0.15) is 13.3 Å². The Balaban J connectivity index is 2.42. The van der Waals surface area contributed by atoms with Crippen molar-refractivity contribution in [3.63, 3.8) is 0 Å². The summed E-state index contributed by atoms with van der Waals surface area (Å²) in [4.78, 5) is 3.59. The Morgan fingerprint density at radius 2 is 2.50 bits per heavy atom. The third-order valence-corrected chi connectivity index (χ3v) is 1.45. The molecule has 1 aromatic heterocycles. The highest BCUT2D eigenvalue weighted by Gasteiger charge is 2.00. The quantitative estimate of drug-likeness (QED) is 0.717. The third kappa shape index (κ3) is 1.84. The second-order valence-corrected chi connectivity index (χ2v) is 2.42. The molecule has 10 heavy (non-hydrogen) atoms. The van der Waals surface area contributed by atoms with Crippen molar-refractivity contribution in [3.05, 3.63) is 0 Å². The minimum absolute atomic E-state index is 0.212. The summed E-state index contributed by atoms with van der Waals surface area (Å²) in [6.07, 6.45) is 0.931. The maximum Gasteiger partial charge on any atom is 0.329 e. The van der Waals surface area contributed by atoms with E-state index < -0.39 is 0 Å². The van der Waals surface area contributed by atoms with Gasteiger partial charge in [0.05, 0.1) is 6.61 Å². The van der Waals surface area contributed by atoms with E-state index in [1.165, 1.54) is 0 Å².